The maximum Gasteiger partial charge on any atom is 0.216 e. The number of rotatable bonds is 6. The third-order valence-corrected chi connectivity index (χ3v) is 4.20. The fourth-order valence-corrected chi connectivity index (χ4v) is 2.79. The lowest BCUT2D eigenvalue weighted by molar-refractivity contribution is 0.368. The summed E-state index contributed by atoms with van der Waals surface area (Å²) >= 11 is 0. The van der Waals surface area contributed by atoms with Crippen molar-refractivity contribution >= 4 is 10.0 Å². The Kier molecular flexibility index (Phi) is 6.15. The molecule has 0 atom stereocenters. The van der Waals surface area contributed by atoms with Gasteiger partial charge in [-0.1, -0.05) is 42.2 Å². The summed E-state index contributed by atoms with van der Waals surface area (Å²) in [5.74, 6) is 6.06. The highest BCUT2D eigenvalue weighted by atomic mass is 32.2. The molecule has 1 heterocycles. The predicted octanol–water partition coefficient (Wildman–Crippen LogP) is 1.89. The van der Waals surface area contributed by atoms with Crippen molar-refractivity contribution < 1.29 is 13.2 Å². The molecular formula is C17H18N2O3S. The molecule has 1 aromatic carbocycles. The lowest BCUT2D eigenvalue weighted by Gasteiger charge is -2.03. The Hall–Kier alpha value is -2.36. The van der Waals surface area contributed by atoms with E-state index in [2.05, 4.69) is 21.5 Å². The monoisotopic (exact) mass is 330 g/mol. The van der Waals surface area contributed by atoms with Gasteiger partial charge >= 0.3 is 0 Å². The molecule has 0 unspecified atom stereocenters. The molecule has 1 aromatic heterocycles. The van der Waals surface area contributed by atoms with Gasteiger partial charge in [0.15, 0.2) is 0 Å². The molecule has 0 aliphatic carbocycles. The second-order valence-corrected chi connectivity index (χ2v) is 6.65. The van der Waals surface area contributed by atoms with Gasteiger partial charge < -0.3 is 4.74 Å². The Bertz CT molecular complexity index is 776. The molecule has 1 N–H and O–H groups in total. The van der Waals surface area contributed by atoms with E-state index in [1.807, 2.05) is 37.3 Å². The lowest BCUT2D eigenvalue weighted by atomic mass is 10.2. The van der Waals surface area contributed by atoms with Crippen molar-refractivity contribution in [3.05, 3.63) is 59.9 Å². The van der Waals surface area contributed by atoms with Gasteiger partial charge in [-0.05, 0) is 24.6 Å². The fourth-order valence-electron chi connectivity index (χ4n) is 1.76. The largest absolute Gasteiger partial charge is 0.479 e. The molecule has 2 rings (SSSR count). The summed E-state index contributed by atoms with van der Waals surface area (Å²) in [4.78, 5) is 4.10. The van der Waals surface area contributed by atoms with Crippen molar-refractivity contribution in [3.63, 3.8) is 0 Å². The molecule has 0 aliphatic heterocycles. The lowest BCUT2D eigenvalue weighted by Crippen LogP contribution is -2.25. The molecule has 6 heteroatoms. The number of hydrogen-bond donors (Lipinski definition) is 1. The molecule has 0 amide bonds. The number of sulfonamides is 1. The highest BCUT2D eigenvalue weighted by Crippen LogP contribution is 2.07. The van der Waals surface area contributed by atoms with E-state index in [1.165, 1.54) is 0 Å². The maximum absolute atomic E-state index is 11.9. The Morgan fingerprint density at radius 2 is 1.91 bits per heavy atom. The minimum Gasteiger partial charge on any atom is -0.479 e. The van der Waals surface area contributed by atoms with E-state index in [0.717, 1.165) is 11.3 Å². The van der Waals surface area contributed by atoms with E-state index in [-0.39, 0.29) is 18.9 Å². The first-order valence-electron chi connectivity index (χ1n) is 7.07. The zero-order valence-corrected chi connectivity index (χ0v) is 13.6. The second kappa shape index (κ2) is 8.32. The van der Waals surface area contributed by atoms with Gasteiger partial charge in [0.2, 0.25) is 10.0 Å². The summed E-state index contributed by atoms with van der Waals surface area (Å²) in [6.07, 6.45) is 1.62. The number of pyridine rings is 1. The Labute approximate surface area is 136 Å². The van der Waals surface area contributed by atoms with Crippen LogP contribution < -0.4 is 9.46 Å². The first kappa shape index (κ1) is 17.0. The van der Waals surface area contributed by atoms with E-state index in [0.29, 0.717) is 5.75 Å². The van der Waals surface area contributed by atoms with Crippen LogP contribution in [0.1, 0.15) is 11.3 Å². The van der Waals surface area contributed by atoms with E-state index >= 15 is 0 Å². The molecule has 0 aliphatic rings. The molecule has 5 nitrogen and oxygen atoms in total. The van der Waals surface area contributed by atoms with Crippen LogP contribution in [0.25, 0.3) is 0 Å². The molecule has 23 heavy (non-hydrogen) atoms. The predicted molar refractivity (Wildman–Crippen MR) is 89.3 cm³/mol. The zero-order chi connectivity index (χ0) is 16.5. The topological polar surface area (TPSA) is 68.3 Å². The van der Waals surface area contributed by atoms with Crippen LogP contribution in [0.15, 0.2) is 48.7 Å². The first-order chi connectivity index (χ1) is 11.1. The highest BCUT2D eigenvalue weighted by Gasteiger charge is 2.09. The van der Waals surface area contributed by atoms with E-state index in [9.17, 15) is 8.42 Å². The van der Waals surface area contributed by atoms with Gasteiger partial charge in [-0.25, -0.2) is 13.1 Å². The van der Waals surface area contributed by atoms with Crippen molar-refractivity contribution in [3.8, 4) is 17.6 Å². The van der Waals surface area contributed by atoms with Crippen molar-refractivity contribution in [2.75, 3.05) is 13.2 Å². The van der Waals surface area contributed by atoms with Crippen LogP contribution in [0, 0.1) is 18.8 Å². The summed E-state index contributed by atoms with van der Waals surface area (Å²) in [6, 6.07) is 12.7. The molecule has 0 fully saturated rings. The number of ether oxygens (including phenoxy) is 1. The minimum atomic E-state index is -3.38. The normalized spacial score (nSPS) is 10.7. The van der Waals surface area contributed by atoms with Gasteiger partial charge in [0.05, 0.1) is 18.5 Å². The SMILES string of the molecule is Cc1ccc(OCC#CCNS(=O)(=O)Cc2ccccc2)cn1. The molecule has 0 bridgehead atoms. The molecular weight excluding hydrogens is 312 g/mol. The molecule has 0 radical (unpaired) electrons. The van der Waals surface area contributed by atoms with Crippen molar-refractivity contribution in [1.29, 1.82) is 0 Å². The number of benzene rings is 1. The average Bonchev–Trinajstić information content (AvgIpc) is 2.53. The quantitative estimate of drug-likeness (QED) is 0.821. The molecule has 0 spiro atoms. The van der Waals surface area contributed by atoms with Crippen LogP contribution >= 0.6 is 0 Å². The fraction of sp³-hybridized carbons (Fsp3) is 0.235. The summed E-state index contributed by atoms with van der Waals surface area (Å²) in [5, 5.41) is 0. The summed E-state index contributed by atoms with van der Waals surface area (Å²) in [5.41, 5.74) is 1.65. The third kappa shape index (κ3) is 6.51. The summed E-state index contributed by atoms with van der Waals surface area (Å²) in [6.45, 7) is 2.14. The Balaban J connectivity index is 1.73. The van der Waals surface area contributed by atoms with Gasteiger partial charge in [0.25, 0.3) is 0 Å². The Morgan fingerprint density at radius 3 is 2.61 bits per heavy atom. The van der Waals surface area contributed by atoms with Gasteiger partial charge in [-0.2, -0.15) is 0 Å². The number of aromatic nitrogens is 1. The zero-order valence-electron chi connectivity index (χ0n) is 12.8. The molecule has 0 saturated carbocycles. The van der Waals surface area contributed by atoms with Crippen molar-refractivity contribution in [2.24, 2.45) is 0 Å². The molecule has 120 valence electrons. The number of hydrogen-bond acceptors (Lipinski definition) is 4. The second-order valence-electron chi connectivity index (χ2n) is 4.84. The van der Waals surface area contributed by atoms with E-state index in [1.54, 1.807) is 18.3 Å². The van der Waals surface area contributed by atoms with Gasteiger partial charge in [-0.3, -0.25) is 4.98 Å². The number of aryl methyl sites for hydroxylation is 1. The number of nitrogens with zero attached hydrogens (tertiary/aromatic N) is 1. The number of nitrogens with one attached hydrogen (secondary N) is 1. The molecule has 0 saturated heterocycles. The maximum atomic E-state index is 11.9. The van der Waals surface area contributed by atoms with Crippen LogP contribution in [0.2, 0.25) is 0 Å². The Morgan fingerprint density at radius 1 is 1.13 bits per heavy atom. The minimum absolute atomic E-state index is 0.0545. The van der Waals surface area contributed by atoms with Crippen LogP contribution in [0.3, 0.4) is 0 Å². The third-order valence-electron chi connectivity index (χ3n) is 2.90. The smallest absolute Gasteiger partial charge is 0.216 e. The summed E-state index contributed by atoms with van der Waals surface area (Å²) < 4.78 is 31.6. The van der Waals surface area contributed by atoms with Crippen LogP contribution in [-0.4, -0.2) is 26.6 Å². The van der Waals surface area contributed by atoms with Crippen LogP contribution in [-0.2, 0) is 15.8 Å². The van der Waals surface area contributed by atoms with Crippen LogP contribution in [0.5, 0.6) is 5.75 Å². The molecule has 2 aromatic rings. The van der Waals surface area contributed by atoms with E-state index in [4.69, 9.17) is 4.74 Å². The average molecular weight is 330 g/mol. The van der Waals surface area contributed by atoms with Gasteiger partial charge in [-0.15, -0.1) is 0 Å². The van der Waals surface area contributed by atoms with Crippen molar-refractivity contribution in [1.82, 2.24) is 9.71 Å². The van der Waals surface area contributed by atoms with Gasteiger partial charge in [0.1, 0.15) is 12.4 Å². The van der Waals surface area contributed by atoms with Crippen LogP contribution in [0.4, 0.5) is 0 Å². The van der Waals surface area contributed by atoms with Crippen molar-refractivity contribution in [2.45, 2.75) is 12.7 Å². The van der Waals surface area contributed by atoms with Gasteiger partial charge in [0, 0.05) is 5.69 Å². The standard InChI is InChI=1S/C17H18N2O3S/c1-15-9-10-17(13-18-15)22-12-6-5-11-19-23(20,21)14-16-7-3-2-4-8-16/h2-4,7-10,13,19H,11-12,14H2,1H3. The first-order valence-corrected chi connectivity index (χ1v) is 8.73. The van der Waals surface area contributed by atoms with E-state index < -0.39 is 10.0 Å². The summed E-state index contributed by atoms with van der Waals surface area (Å²) in [7, 11) is -3.38. The highest BCUT2D eigenvalue weighted by molar-refractivity contribution is 7.88.